The summed E-state index contributed by atoms with van der Waals surface area (Å²) in [6.45, 7) is 1.94. The molecule has 3 aromatic rings. The lowest BCUT2D eigenvalue weighted by Gasteiger charge is -1.98. The molecule has 0 atom stereocenters. The molecule has 0 saturated carbocycles. The van der Waals surface area contributed by atoms with Crippen LogP contribution in [0.3, 0.4) is 0 Å². The van der Waals surface area contributed by atoms with E-state index in [4.69, 9.17) is 5.11 Å². The molecule has 6 heteroatoms. The molecule has 3 rings (SSSR count). The molecular weight excluding hydrogens is 244 g/mol. The summed E-state index contributed by atoms with van der Waals surface area (Å²) >= 11 is 0. The standard InChI is InChI=1S/C13H10N4O2/c1-7-3-2-4-14-10(7)12-16-9-5-8(13(18)19)6-15-11(9)17-12/h2-6H,1H3,(H,18,19)(H,15,16,17). The second kappa shape index (κ2) is 4.16. The van der Waals surface area contributed by atoms with Gasteiger partial charge in [0.05, 0.1) is 11.1 Å². The molecule has 3 aromatic heterocycles. The Hall–Kier alpha value is -2.76. The number of nitrogens with zero attached hydrogens (tertiary/aromatic N) is 3. The number of nitrogens with one attached hydrogen (secondary N) is 1. The predicted molar refractivity (Wildman–Crippen MR) is 68.8 cm³/mol. The largest absolute Gasteiger partial charge is 0.478 e. The maximum atomic E-state index is 10.9. The van der Waals surface area contributed by atoms with Gasteiger partial charge in [0.1, 0.15) is 5.69 Å². The molecule has 3 heterocycles. The SMILES string of the molecule is Cc1cccnc1-c1nc2ncc(C(=O)O)cc2[nH]1. The zero-order chi connectivity index (χ0) is 13.4. The number of aromatic amines is 1. The Kier molecular flexibility index (Phi) is 2.49. The fourth-order valence-corrected chi connectivity index (χ4v) is 1.86. The molecule has 19 heavy (non-hydrogen) atoms. The third kappa shape index (κ3) is 1.93. The highest BCUT2D eigenvalue weighted by atomic mass is 16.4. The van der Waals surface area contributed by atoms with Crippen LogP contribution in [0.5, 0.6) is 0 Å². The number of hydrogen-bond acceptors (Lipinski definition) is 4. The second-order valence-electron chi connectivity index (χ2n) is 4.15. The van der Waals surface area contributed by atoms with Gasteiger partial charge in [0, 0.05) is 12.4 Å². The minimum absolute atomic E-state index is 0.125. The fraction of sp³-hybridized carbons (Fsp3) is 0.0769. The van der Waals surface area contributed by atoms with Crippen molar-refractivity contribution in [2.45, 2.75) is 6.92 Å². The Labute approximate surface area is 108 Å². The topological polar surface area (TPSA) is 91.8 Å². The van der Waals surface area contributed by atoms with Crippen LogP contribution < -0.4 is 0 Å². The molecule has 0 aliphatic carbocycles. The minimum Gasteiger partial charge on any atom is -0.478 e. The molecule has 0 fully saturated rings. The molecule has 0 saturated heterocycles. The number of pyridine rings is 2. The quantitative estimate of drug-likeness (QED) is 0.730. The van der Waals surface area contributed by atoms with Crippen molar-refractivity contribution >= 4 is 17.1 Å². The lowest BCUT2D eigenvalue weighted by molar-refractivity contribution is 0.0696. The van der Waals surface area contributed by atoms with Crippen LogP contribution in [0, 0.1) is 6.92 Å². The van der Waals surface area contributed by atoms with Crippen LogP contribution in [0.15, 0.2) is 30.6 Å². The molecule has 6 nitrogen and oxygen atoms in total. The highest BCUT2D eigenvalue weighted by Crippen LogP contribution is 2.20. The van der Waals surface area contributed by atoms with Crippen molar-refractivity contribution in [1.82, 2.24) is 19.9 Å². The number of aromatic carboxylic acids is 1. The maximum Gasteiger partial charge on any atom is 0.337 e. The highest BCUT2D eigenvalue weighted by molar-refractivity contribution is 5.91. The van der Waals surface area contributed by atoms with Crippen molar-refractivity contribution in [3.63, 3.8) is 0 Å². The maximum absolute atomic E-state index is 10.9. The third-order valence-electron chi connectivity index (χ3n) is 2.82. The summed E-state index contributed by atoms with van der Waals surface area (Å²) in [5, 5.41) is 8.93. The summed E-state index contributed by atoms with van der Waals surface area (Å²) in [5.74, 6) is -0.428. The Morgan fingerprint density at radius 2 is 2.21 bits per heavy atom. The van der Waals surface area contributed by atoms with E-state index in [1.165, 1.54) is 12.3 Å². The second-order valence-corrected chi connectivity index (χ2v) is 4.15. The minimum atomic E-state index is -1.01. The summed E-state index contributed by atoms with van der Waals surface area (Å²) in [5.41, 5.74) is 2.91. The molecule has 0 amide bonds. The van der Waals surface area contributed by atoms with Crippen molar-refractivity contribution in [2.75, 3.05) is 0 Å². The van der Waals surface area contributed by atoms with Gasteiger partial charge in [0.25, 0.3) is 0 Å². The lowest BCUT2D eigenvalue weighted by Crippen LogP contribution is -1.96. The molecule has 0 aliphatic heterocycles. The van der Waals surface area contributed by atoms with Gasteiger partial charge in [-0.15, -0.1) is 0 Å². The zero-order valence-corrected chi connectivity index (χ0v) is 10.1. The Morgan fingerprint density at radius 3 is 2.95 bits per heavy atom. The fourth-order valence-electron chi connectivity index (χ4n) is 1.86. The van der Waals surface area contributed by atoms with Crippen LogP contribution in [0.25, 0.3) is 22.7 Å². The summed E-state index contributed by atoms with van der Waals surface area (Å²) in [4.78, 5) is 26.6. The van der Waals surface area contributed by atoms with Crippen LogP contribution in [0.2, 0.25) is 0 Å². The Balaban J connectivity index is 2.17. The van der Waals surface area contributed by atoms with Crippen molar-refractivity contribution in [2.24, 2.45) is 0 Å². The molecule has 0 bridgehead atoms. The average Bonchev–Trinajstić information content (AvgIpc) is 2.81. The number of carboxylic acids is 1. The number of carboxylic acid groups (broad SMARTS) is 1. The average molecular weight is 254 g/mol. The number of hydrogen-bond donors (Lipinski definition) is 2. The van der Waals surface area contributed by atoms with Crippen LogP contribution in [-0.2, 0) is 0 Å². The molecule has 0 aromatic carbocycles. The normalized spacial score (nSPS) is 10.8. The van der Waals surface area contributed by atoms with Crippen molar-refractivity contribution in [3.05, 3.63) is 41.7 Å². The first-order valence-corrected chi connectivity index (χ1v) is 5.66. The number of carbonyl (C=O) groups is 1. The number of fused-ring (bicyclic) bond motifs is 1. The summed E-state index contributed by atoms with van der Waals surface area (Å²) < 4.78 is 0. The molecule has 0 spiro atoms. The number of H-pyrrole nitrogens is 1. The van der Waals surface area contributed by atoms with Crippen LogP contribution in [-0.4, -0.2) is 31.0 Å². The molecule has 0 unspecified atom stereocenters. The van der Waals surface area contributed by atoms with Gasteiger partial charge in [-0.3, -0.25) is 4.98 Å². The van der Waals surface area contributed by atoms with Gasteiger partial charge in [0.15, 0.2) is 11.5 Å². The molecule has 94 valence electrons. The number of aryl methyl sites for hydroxylation is 1. The third-order valence-corrected chi connectivity index (χ3v) is 2.82. The molecule has 2 N–H and O–H groups in total. The predicted octanol–water partition coefficient (Wildman–Crippen LogP) is 2.03. The Bertz CT molecular complexity index is 779. The molecule has 0 radical (unpaired) electrons. The van der Waals surface area contributed by atoms with E-state index >= 15 is 0 Å². The molecule has 0 aliphatic rings. The van der Waals surface area contributed by atoms with Gasteiger partial charge in [-0.05, 0) is 24.6 Å². The van der Waals surface area contributed by atoms with E-state index in [-0.39, 0.29) is 5.56 Å². The summed E-state index contributed by atoms with van der Waals surface area (Å²) in [7, 11) is 0. The first-order valence-electron chi connectivity index (χ1n) is 5.66. The van der Waals surface area contributed by atoms with Crippen LogP contribution in [0.1, 0.15) is 15.9 Å². The van der Waals surface area contributed by atoms with E-state index in [1.54, 1.807) is 6.20 Å². The van der Waals surface area contributed by atoms with Gasteiger partial charge < -0.3 is 10.1 Å². The van der Waals surface area contributed by atoms with E-state index in [9.17, 15) is 4.79 Å². The first-order chi connectivity index (χ1) is 9.15. The van der Waals surface area contributed by atoms with E-state index in [1.807, 2.05) is 19.1 Å². The van der Waals surface area contributed by atoms with E-state index in [2.05, 4.69) is 19.9 Å². The monoisotopic (exact) mass is 254 g/mol. The summed E-state index contributed by atoms with van der Waals surface area (Å²) in [6.07, 6.45) is 2.98. The molecular formula is C13H10N4O2. The van der Waals surface area contributed by atoms with E-state index in [0.29, 0.717) is 17.0 Å². The number of imidazole rings is 1. The van der Waals surface area contributed by atoms with Gasteiger partial charge >= 0.3 is 5.97 Å². The first kappa shape index (κ1) is 11.3. The van der Waals surface area contributed by atoms with E-state index < -0.39 is 5.97 Å². The van der Waals surface area contributed by atoms with Gasteiger partial charge in [-0.25, -0.2) is 14.8 Å². The number of aromatic nitrogens is 4. The highest BCUT2D eigenvalue weighted by Gasteiger charge is 2.11. The van der Waals surface area contributed by atoms with E-state index in [0.717, 1.165) is 11.3 Å². The van der Waals surface area contributed by atoms with Crippen molar-refractivity contribution in [3.8, 4) is 11.5 Å². The zero-order valence-electron chi connectivity index (χ0n) is 10.1. The van der Waals surface area contributed by atoms with Crippen LogP contribution in [0.4, 0.5) is 0 Å². The smallest absolute Gasteiger partial charge is 0.337 e. The number of rotatable bonds is 2. The van der Waals surface area contributed by atoms with Crippen molar-refractivity contribution in [1.29, 1.82) is 0 Å². The van der Waals surface area contributed by atoms with Gasteiger partial charge in [-0.2, -0.15) is 0 Å². The van der Waals surface area contributed by atoms with Gasteiger partial charge in [-0.1, -0.05) is 6.07 Å². The van der Waals surface area contributed by atoms with Crippen LogP contribution >= 0.6 is 0 Å². The van der Waals surface area contributed by atoms with Gasteiger partial charge in [0.2, 0.25) is 0 Å². The van der Waals surface area contributed by atoms with Crippen molar-refractivity contribution < 1.29 is 9.90 Å². The summed E-state index contributed by atoms with van der Waals surface area (Å²) in [6, 6.07) is 5.30. The lowest BCUT2D eigenvalue weighted by atomic mass is 10.2. The Morgan fingerprint density at radius 1 is 1.37 bits per heavy atom.